The number of ketones is 1. The van der Waals surface area contributed by atoms with Gasteiger partial charge in [-0.15, -0.1) is 0 Å². The Hall–Kier alpha value is -2.56. The number of benzene rings is 1. The lowest BCUT2D eigenvalue weighted by Gasteiger charge is -2.32. The zero-order chi connectivity index (χ0) is 15.4. The minimum absolute atomic E-state index is 0.0117. The van der Waals surface area contributed by atoms with Crippen LogP contribution >= 0.6 is 0 Å². The summed E-state index contributed by atoms with van der Waals surface area (Å²) in [5.74, 6) is -0.166. The fraction of sp³-hybridized carbons (Fsp3) is 0.294. The number of nitrogens with zero attached hydrogens (tertiary/aromatic N) is 3. The van der Waals surface area contributed by atoms with Crippen LogP contribution < -0.4 is 0 Å². The molecule has 0 spiro atoms. The molecule has 1 aliphatic rings. The number of carbonyl (C=O) groups excluding carboxylic acids is 2. The number of likely N-dealkylation sites (tertiary alicyclic amines) is 1. The first-order valence-electron chi connectivity index (χ1n) is 7.39. The molecule has 0 radical (unpaired) electrons. The van der Waals surface area contributed by atoms with Gasteiger partial charge in [0.25, 0.3) is 5.91 Å². The van der Waals surface area contributed by atoms with Crippen molar-refractivity contribution in [2.75, 3.05) is 13.1 Å². The third-order valence-corrected chi connectivity index (χ3v) is 3.95. The summed E-state index contributed by atoms with van der Waals surface area (Å²) in [6, 6.07) is 9.19. The molecule has 1 aromatic heterocycles. The second-order valence-electron chi connectivity index (χ2n) is 5.45. The Labute approximate surface area is 129 Å². The topological polar surface area (TPSA) is 63.2 Å². The van der Waals surface area contributed by atoms with E-state index in [-0.39, 0.29) is 17.6 Å². The van der Waals surface area contributed by atoms with Crippen LogP contribution in [0.3, 0.4) is 0 Å². The van der Waals surface area contributed by atoms with E-state index in [0.29, 0.717) is 24.2 Å². The summed E-state index contributed by atoms with van der Waals surface area (Å²) < 4.78 is 0. The standard InChI is InChI=1S/C17H17N3O2/c21-16(15-9-18-12-19-10-15)14-7-4-8-20(11-14)17(22)13-5-2-1-3-6-13/h1-3,5-6,9-10,12,14H,4,7-8,11H2. The zero-order valence-corrected chi connectivity index (χ0v) is 12.2. The number of hydrogen-bond donors (Lipinski definition) is 0. The quantitative estimate of drug-likeness (QED) is 0.814. The van der Waals surface area contributed by atoms with E-state index < -0.39 is 0 Å². The van der Waals surface area contributed by atoms with Crippen molar-refractivity contribution in [1.82, 2.24) is 14.9 Å². The maximum atomic E-state index is 12.5. The second-order valence-corrected chi connectivity index (χ2v) is 5.45. The van der Waals surface area contributed by atoms with Crippen molar-refractivity contribution in [2.24, 2.45) is 5.92 Å². The average Bonchev–Trinajstić information content (AvgIpc) is 2.62. The molecule has 1 aromatic carbocycles. The summed E-state index contributed by atoms with van der Waals surface area (Å²) >= 11 is 0. The molecule has 1 aliphatic heterocycles. The van der Waals surface area contributed by atoms with Gasteiger partial charge in [0.2, 0.25) is 0 Å². The van der Waals surface area contributed by atoms with Gasteiger partial charge in [0.1, 0.15) is 6.33 Å². The molecule has 1 atom stereocenters. The number of carbonyl (C=O) groups is 2. The zero-order valence-electron chi connectivity index (χ0n) is 12.2. The van der Waals surface area contributed by atoms with Crippen molar-refractivity contribution in [2.45, 2.75) is 12.8 Å². The van der Waals surface area contributed by atoms with Crippen molar-refractivity contribution in [1.29, 1.82) is 0 Å². The number of Topliss-reactive ketones (excluding diaryl/α,β-unsaturated/α-hetero) is 1. The molecule has 22 heavy (non-hydrogen) atoms. The van der Waals surface area contributed by atoms with Crippen LogP contribution in [0.4, 0.5) is 0 Å². The highest BCUT2D eigenvalue weighted by molar-refractivity contribution is 5.99. The van der Waals surface area contributed by atoms with Gasteiger partial charge in [-0.3, -0.25) is 9.59 Å². The van der Waals surface area contributed by atoms with E-state index in [9.17, 15) is 9.59 Å². The third-order valence-electron chi connectivity index (χ3n) is 3.95. The first-order chi connectivity index (χ1) is 10.8. The van der Waals surface area contributed by atoms with Crippen molar-refractivity contribution in [3.05, 3.63) is 60.2 Å². The third kappa shape index (κ3) is 3.03. The van der Waals surface area contributed by atoms with E-state index in [1.807, 2.05) is 18.2 Å². The Kier molecular flexibility index (Phi) is 4.23. The van der Waals surface area contributed by atoms with Crippen molar-refractivity contribution in [3.8, 4) is 0 Å². The van der Waals surface area contributed by atoms with Gasteiger partial charge >= 0.3 is 0 Å². The van der Waals surface area contributed by atoms with E-state index in [2.05, 4.69) is 9.97 Å². The van der Waals surface area contributed by atoms with Gasteiger partial charge in [-0.1, -0.05) is 18.2 Å². The molecule has 1 fully saturated rings. The van der Waals surface area contributed by atoms with Gasteiger partial charge in [0.05, 0.1) is 5.56 Å². The van der Waals surface area contributed by atoms with Crippen LogP contribution in [0.1, 0.15) is 33.6 Å². The molecule has 112 valence electrons. The monoisotopic (exact) mass is 295 g/mol. The van der Waals surface area contributed by atoms with Crippen LogP contribution in [-0.2, 0) is 0 Å². The summed E-state index contributed by atoms with van der Waals surface area (Å²) in [4.78, 5) is 34.5. The minimum atomic E-state index is -0.174. The summed E-state index contributed by atoms with van der Waals surface area (Å²) in [5.41, 5.74) is 1.18. The number of piperidine rings is 1. The molecule has 0 N–H and O–H groups in total. The Morgan fingerprint density at radius 3 is 2.50 bits per heavy atom. The largest absolute Gasteiger partial charge is 0.338 e. The van der Waals surface area contributed by atoms with Crippen molar-refractivity contribution in [3.63, 3.8) is 0 Å². The number of amides is 1. The van der Waals surface area contributed by atoms with E-state index in [1.54, 1.807) is 17.0 Å². The Bertz CT molecular complexity index is 601. The normalized spacial score (nSPS) is 18.0. The molecule has 3 rings (SSSR count). The molecular formula is C17H17N3O2. The molecule has 5 nitrogen and oxygen atoms in total. The van der Waals surface area contributed by atoms with E-state index in [0.717, 1.165) is 12.8 Å². The molecule has 1 unspecified atom stereocenters. The van der Waals surface area contributed by atoms with Crippen molar-refractivity contribution < 1.29 is 9.59 Å². The fourth-order valence-corrected chi connectivity index (χ4v) is 2.80. The molecular weight excluding hydrogens is 278 g/mol. The second kappa shape index (κ2) is 6.47. The molecule has 0 bridgehead atoms. The molecule has 0 saturated carbocycles. The van der Waals surface area contributed by atoms with E-state index in [4.69, 9.17) is 0 Å². The molecule has 5 heteroatoms. The number of hydrogen-bond acceptors (Lipinski definition) is 4. The summed E-state index contributed by atoms with van der Waals surface area (Å²) in [5, 5.41) is 0. The summed E-state index contributed by atoms with van der Waals surface area (Å²) in [6.45, 7) is 1.16. The van der Waals surface area contributed by atoms with Gasteiger partial charge in [0.15, 0.2) is 5.78 Å². The number of aromatic nitrogens is 2. The molecule has 2 aromatic rings. The van der Waals surface area contributed by atoms with E-state index >= 15 is 0 Å². The SMILES string of the molecule is O=C(c1cncnc1)C1CCCN(C(=O)c2ccccc2)C1. The first kappa shape index (κ1) is 14.4. The van der Waals surface area contributed by atoms with Gasteiger partial charge < -0.3 is 4.90 Å². The van der Waals surface area contributed by atoms with Crippen LogP contribution in [0, 0.1) is 5.92 Å². The fourth-order valence-electron chi connectivity index (χ4n) is 2.80. The van der Waals surface area contributed by atoms with Crippen LogP contribution in [0.5, 0.6) is 0 Å². The first-order valence-corrected chi connectivity index (χ1v) is 7.39. The summed E-state index contributed by atoms with van der Waals surface area (Å²) in [7, 11) is 0. The lowest BCUT2D eigenvalue weighted by atomic mass is 9.90. The van der Waals surface area contributed by atoms with Crippen LogP contribution in [0.2, 0.25) is 0 Å². The van der Waals surface area contributed by atoms with Gasteiger partial charge in [-0.2, -0.15) is 0 Å². The smallest absolute Gasteiger partial charge is 0.253 e. The highest BCUT2D eigenvalue weighted by Gasteiger charge is 2.29. The number of rotatable bonds is 3. The van der Waals surface area contributed by atoms with Crippen molar-refractivity contribution >= 4 is 11.7 Å². The predicted octanol–water partition coefficient (Wildman–Crippen LogP) is 2.21. The van der Waals surface area contributed by atoms with Gasteiger partial charge in [-0.25, -0.2) is 9.97 Å². The molecule has 2 heterocycles. The lowest BCUT2D eigenvalue weighted by Crippen LogP contribution is -2.42. The highest BCUT2D eigenvalue weighted by atomic mass is 16.2. The van der Waals surface area contributed by atoms with Gasteiger partial charge in [0, 0.05) is 37.0 Å². The average molecular weight is 295 g/mol. The molecule has 1 saturated heterocycles. The Balaban J connectivity index is 1.72. The summed E-state index contributed by atoms with van der Waals surface area (Å²) in [6.07, 6.45) is 6.11. The van der Waals surface area contributed by atoms with E-state index in [1.165, 1.54) is 18.7 Å². The maximum Gasteiger partial charge on any atom is 0.253 e. The van der Waals surface area contributed by atoms with Gasteiger partial charge in [-0.05, 0) is 25.0 Å². The minimum Gasteiger partial charge on any atom is -0.338 e. The Morgan fingerprint density at radius 2 is 1.77 bits per heavy atom. The lowest BCUT2D eigenvalue weighted by molar-refractivity contribution is 0.0637. The molecule has 0 aliphatic carbocycles. The molecule has 1 amide bonds. The van der Waals surface area contributed by atoms with Crippen LogP contribution in [0.15, 0.2) is 49.1 Å². The van der Waals surface area contributed by atoms with Crippen LogP contribution in [-0.4, -0.2) is 39.6 Å². The maximum absolute atomic E-state index is 12.5. The van der Waals surface area contributed by atoms with Crippen LogP contribution in [0.25, 0.3) is 0 Å². The Morgan fingerprint density at radius 1 is 1.05 bits per heavy atom. The highest BCUT2D eigenvalue weighted by Crippen LogP contribution is 2.22. The predicted molar refractivity (Wildman–Crippen MR) is 81.4 cm³/mol.